The number of hydrogen-bond acceptors (Lipinski definition) is 3. The zero-order chi connectivity index (χ0) is 16.1. The fourth-order valence-corrected chi connectivity index (χ4v) is 3.03. The van der Waals surface area contributed by atoms with Gasteiger partial charge in [0.1, 0.15) is 0 Å². The molecule has 0 radical (unpaired) electrons. The van der Waals surface area contributed by atoms with Crippen LogP contribution in [0.2, 0.25) is 5.02 Å². The minimum Gasteiger partial charge on any atom is -0.469 e. The Labute approximate surface area is 135 Å². The van der Waals surface area contributed by atoms with Crippen LogP contribution in [-0.2, 0) is 14.3 Å². The summed E-state index contributed by atoms with van der Waals surface area (Å²) in [6, 6.07) is 5.55. The van der Waals surface area contributed by atoms with Crippen LogP contribution >= 0.6 is 11.6 Å². The molecule has 2 rings (SSSR count). The third-order valence-corrected chi connectivity index (χ3v) is 4.35. The number of carbonyl (C=O) groups excluding carboxylic acids is 2. The zero-order valence-corrected chi connectivity index (χ0v) is 13.7. The molecule has 0 bridgehead atoms. The molecule has 1 aromatic rings. The molecule has 1 aromatic carbocycles. The highest BCUT2D eigenvalue weighted by Crippen LogP contribution is 2.22. The molecule has 5 nitrogen and oxygen atoms in total. The van der Waals surface area contributed by atoms with Crippen molar-refractivity contribution in [3.05, 3.63) is 28.8 Å². The van der Waals surface area contributed by atoms with Crippen molar-refractivity contribution in [2.75, 3.05) is 32.1 Å². The number of likely N-dealkylation sites (tertiary alicyclic amines) is 1. The molecule has 0 unspecified atom stereocenters. The average Bonchev–Trinajstić information content (AvgIpc) is 2.50. The van der Waals surface area contributed by atoms with Crippen LogP contribution in [0.25, 0.3) is 0 Å². The number of esters is 1. The van der Waals surface area contributed by atoms with E-state index in [2.05, 4.69) is 5.32 Å². The van der Waals surface area contributed by atoms with E-state index >= 15 is 0 Å². The second-order valence-electron chi connectivity index (χ2n) is 5.76. The Kier molecular flexibility index (Phi) is 5.80. The van der Waals surface area contributed by atoms with Crippen LogP contribution in [0, 0.1) is 12.8 Å². The number of rotatable bonds is 4. The fourth-order valence-electron chi connectivity index (χ4n) is 2.75. The minimum atomic E-state index is -0.144. The molecule has 0 aromatic heterocycles. The van der Waals surface area contributed by atoms with Crippen LogP contribution in [0.5, 0.6) is 0 Å². The van der Waals surface area contributed by atoms with Crippen LogP contribution in [0.4, 0.5) is 5.69 Å². The van der Waals surface area contributed by atoms with E-state index in [9.17, 15) is 9.59 Å². The Morgan fingerprint density at radius 3 is 2.64 bits per heavy atom. The number of amides is 1. The number of methoxy groups -OCH3 is 1. The first kappa shape index (κ1) is 16.8. The van der Waals surface area contributed by atoms with Gasteiger partial charge in [-0.25, -0.2) is 0 Å². The summed E-state index contributed by atoms with van der Waals surface area (Å²) in [6.07, 6.45) is 1.53. The van der Waals surface area contributed by atoms with Crippen molar-refractivity contribution in [2.45, 2.75) is 19.8 Å². The first-order chi connectivity index (χ1) is 10.5. The molecule has 120 valence electrons. The zero-order valence-electron chi connectivity index (χ0n) is 12.9. The molecule has 0 saturated carbocycles. The summed E-state index contributed by atoms with van der Waals surface area (Å²) < 4.78 is 4.77. The summed E-state index contributed by atoms with van der Waals surface area (Å²) in [5.41, 5.74) is 1.69. The molecule has 0 spiro atoms. The van der Waals surface area contributed by atoms with Crippen LogP contribution in [-0.4, -0.2) is 38.6 Å². The summed E-state index contributed by atoms with van der Waals surface area (Å²) in [5.74, 6) is -0.226. The lowest BCUT2D eigenvalue weighted by Crippen LogP contribution is -3.14. The Morgan fingerprint density at radius 1 is 1.36 bits per heavy atom. The first-order valence-corrected chi connectivity index (χ1v) is 7.84. The van der Waals surface area contributed by atoms with Crippen molar-refractivity contribution < 1.29 is 19.2 Å². The Hall–Kier alpha value is -1.59. The number of benzene rings is 1. The molecule has 22 heavy (non-hydrogen) atoms. The van der Waals surface area contributed by atoms with Crippen molar-refractivity contribution in [3.63, 3.8) is 0 Å². The molecule has 1 aliphatic rings. The molecule has 1 heterocycles. The van der Waals surface area contributed by atoms with E-state index in [-0.39, 0.29) is 17.8 Å². The molecule has 1 fully saturated rings. The first-order valence-electron chi connectivity index (χ1n) is 7.47. The third kappa shape index (κ3) is 4.45. The maximum Gasteiger partial charge on any atom is 0.309 e. The SMILES string of the molecule is COC(=O)C1CC[NH+](CC(=O)Nc2ccc(C)cc2Cl)CC1. The smallest absolute Gasteiger partial charge is 0.309 e. The largest absolute Gasteiger partial charge is 0.469 e. The van der Waals surface area contributed by atoms with Gasteiger partial charge in [0.25, 0.3) is 5.91 Å². The van der Waals surface area contributed by atoms with Crippen molar-refractivity contribution in [1.82, 2.24) is 0 Å². The van der Waals surface area contributed by atoms with Crippen molar-refractivity contribution in [3.8, 4) is 0 Å². The van der Waals surface area contributed by atoms with Gasteiger partial charge in [-0.05, 0) is 24.6 Å². The number of nitrogens with one attached hydrogen (secondary N) is 2. The number of piperidine rings is 1. The summed E-state index contributed by atoms with van der Waals surface area (Å²) in [6.45, 7) is 3.94. The predicted octanol–water partition coefficient (Wildman–Crippen LogP) is 1.05. The van der Waals surface area contributed by atoms with E-state index in [1.165, 1.54) is 12.0 Å². The van der Waals surface area contributed by atoms with E-state index in [0.29, 0.717) is 17.3 Å². The summed E-state index contributed by atoms with van der Waals surface area (Å²) in [5, 5.41) is 3.40. The van der Waals surface area contributed by atoms with E-state index in [0.717, 1.165) is 31.5 Å². The van der Waals surface area contributed by atoms with Crippen molar-refractivity contribution in [1.29, 1.82) is 0 Å². The molecule has 0 atom stereocenters. The standard InChI is InChI=1S/C16H21ClN2O3/c1-11-3-4-14(13(17)9-11)18-15(20)10-19-7-5-12(6-8-19)16(21)22-2/h3-4,9,12H,5-8,10H2,1-2H3,(H,18,20)/p+1. The average molecular weight is 326 g/mol. The molecule has 1 saturated heterocycles. The summed E-state index contributed by atoms with van der Waals surface area (Å²) in [4.78, 5) is 24.8. The lowest BCUT2D eigenvalue weighted by molar-refractivity contribution is -0.897. The highest BCUT2D eigenvalue weighted by Gasteiger charge is 2.29. The van der Waals surface area contributed by atoms with Gasteiger partial charge in [0, 0.05) is 12.8 Å². The van der Waals surface area contributed by atoms with Crippen LogP contribution in [0.15, 0.2) is 18.2 Å². The maximum absolute atomic E-state index is 12.1. The molecular formula is C16H22ClN2O3+. The van der Waals surface area contributed by atoms with Gasteiger partial charge in [-0.1, -0.05) is 17.7 Å². The van der Waals surface area contributed by atoms with E-state index in [4.69, 9.17) is 16.3 Å². The summed E-state index contributed by atoms with van der Waals surface area (Å²) in [7, 11) is 1.42. The topological polar surface area (TPSA) is 59.8 Å². The third-order valence-electron chi connectivity index (χ3n) is 4.04. The summed E-state index contributed by atoms with van der Waals surface area (Å²) >= 11 is 6.11. The Morgan fingerprint density at radius 2 is 2.05 bits per heavy atom. The molecular weight excluding hydrogens is 304 g/mol. The number of aryl methyl sites for hydroxylation is 1. The van der Waals surface area contributed by atoms with E-state index in [1.54, 1.807) is 0 Å². The van der Waals surface area contributed by atoms with Gasteiger partial charge in [0.2, 0.25) is 0 Å². The van der Waals surface area contributed by atoms with Gasteiger partial charge in [-0.15, -0.1) is 0 Å². The van der Waals surface area contributed by atoms with E-state index in [1.807, 2.05) is 25.1 Å². The van der Waals surface area contributed by atoms with Gasteiger partial charge < -0.3 is 15.0 Å². The lowest BCUT2D eigenvalue weighted by atomic mass is 9.97. The van der Waals surface area contributed by atoms with Gasteiger partial charge in [-0.2, -0.15) is 0 Å². The van der Waals surface area contributed by atoms with Crippen molar-refractivity contribution in [2.24, 2.45) is 5.92 Å². The highest BCUT2D eigenvalue weighted by atomic mass is 35.5. The molecule has 2 N–H and O–H groups in total. The highest BCUT2D eigenvalue weighted by molar-refractivity contribution is 6.33. The second kappa shape index (κ2) is 7.61. The number of ether oxygens (including phenoxy) is 1. The van der Waals surface area contributed by atoms with Gasteiger partial charge in [-0.3, -0.25) is 9.59 Å². The molecule has 1 aliphatic heterocycles. The quantitative estimate of drug-likeness (QED) is 0.814. The number of carbonyl (C=O) groups is 2. The maximum atomic E-state index is 12.1. The van der Waals surface area contributed by atoms with Gasteiger partial charge in [0.15, 0.2) is 6.54 Å². The number of halogens is 1. The van der Waals surface area contributed by atoms with Gasteiger partial charge >= 0.3 is 5.97 Å². The van der Waals surface area contributed by atoms with Crippen LogP contribution < -0.4 is 10.2 Å². The Balaban J connectivity index is 1.82. The van der Waals surface area contributed by atoms with Crippen LogP contribution in [0.1, 0.15) is 18.4 Å². The second-order valence-corrected chi connectivity index (χ2v) is 6.16. The molecule has 6 heteroatoms. The van der Waals surface area contributed by atoms with Crippen molar-refractivity contribution >= 4 is 29.2 Å². The minimum absolute atomic E-state index is 0.0247. The fraction of sp³-hybridized carbons (Fsp3) is 0.500. The Bertz CT molecular complexity index is 554. The predicted molar refractivity (Wildman–Crippen MR) is 85.1 cm³/mol. The number of quaternary nitrogens is 1. The number of hydrogen-bond donors (Lipinski definition) is 2. The van der Waals surface area contributed by atoms with Gasteiger partial charge in [0.05, 0.1) is 36.8 Å². The van der Waals surface area contributed by atoms with Crippen LogP contribution in [0.3, 0.4) is 0 Å². The lowest BCUT2D eigenvalue weighted by Gasteiger charge is -2.27. The normalized spacial score (nSPS) is 21.2. The monoisotopic (exact) mass is 325 g/mol. The molecule has 0 aliphatic carbocycles. The molecule has 1 amide bonds. The van der Waals surface area contributed by atoms with E-state index < -0.39 is 0 Å². The number of anilines is 1.